The topological polar surface area (TPSA) is 0 Å². The molecule has 4 heteroatoms. The summed E-state index contributed by atoms with van der Waals surface area (Å²) in [5.74, 6) is 1.23. The molecule has 0 heterocycles. The van der Waals surface area contributed by atoms with Gasteiger partial charge in [0.15, 0.2) is 0 Å². The molecule has 4 aromatic carbocycles. The normalized spacial score (nSPS) is 9.33. The number of rotatable bonds is 2. The van der Waals surface area contributed by atoms with Crippen LogP contribution in [0.25, 0.3) is 21.5 Å². The molecule has 0 atom stereocenters. The van der Waals surface area contributed by atoms with Gasteiger partial charge in [-0.25, -0.2) is 0 Å². The Kier molecular flexibility index (Phi) is 20.8. The molecular formula is C29H39Cl2SiZr. The van der Waals surface area contributed by atoms with Gasteiger partial charge in [0.05, 0.1) is 0 Å². The Morgan fingerprint density at radius 1 is 0.636 bits per heavy atom. The maximum atomic E-state index is 2.97. The Labute approximate surface area is 238 Å². The number of hydrogen-bond acceptors (Lipinski definition) is 0. The molecule has 0 saturated heterocycles. The van der Waals surface area contributed by atoms with E-state index in [-0.39, 0.29) is 51.0 Å². The van der Waals surface area contributed by atoms with Crippen LogP contribution >= 0.6 is 0 Å². The van der Waals surface area contributed by atoms with E-state index in [1.807, 2.05) is 13.8 Å². The number of fused-ring (bicyclic) bond motifs is 2. The number of benzene rings is 2. The second-order valence-electron chi connectivity index (χ2n) is 8.08. The standard InChI is InChI=1S/2C13H15.C2H6.CH3Si.2ClH.Zr/c2*1-9(2)12-6-4-5-11-7-10(3)8-13(11)12;2*1-2;;;/h2*4-9H,1-3H3;1-2H3;1H3;2*1H;/q2*-1;;;;;+4/p-2. The third-order valence-corrected chi connectivity index (χ3v) is 5.10. The Hall–Kier alpha value is -0.660. The van der Waals surface area contributed by atoms with Gasteiger partial charge in [0, 0.05) is 10.2 Å². The Bertz CT molecular complexity index is 945. The molecule has 33 heavy (non-hydrogen) atoms. The zero-order chi connectivity index (χ0) is 22.8. The van der Waals surface area contributed by atoms with Crippen molar-refractivity contribution >= 4 is 31.8 Å². The van der Waals surface area contributed by atoms with Crippen LogP contribution in [0.4, 0.5) is 0 Å². The van der Waals surface area contributed by atoms with E-state index in [1.165, 1.54) is 43.8 Å². The molecular weight excluding hydrogens is 539 g/mol. The molecule has 0 spiro atoms. The van der Waals surface area contributed by atoms with Gasteiger partial charge in [0.25, 0.3) is 0 Å². The van der Waals surface area contributed by atoms with Crippen LogP contribution in [0.2, 0.25) is 6.55 Å². The van der Waals surface area contributed by atoms with E-state index >= 15 is 0 Å². The Morgan fingerprint density at radius 3 is 1.21 bits per heavy atom. The summed E-state index contributed by atoms with van der Waals surface area (Å²) in [4.78, 5) is 0. The fraction of sp³-hybridized carbons (Fsp3) is 0.379. The van der Waals surface area contributed by atoms with Crippen molar-refractivity contribution in [3.63, 3.8) is 0 Å². The predicted molar refractivity (Wildman–Crippen MR) is 140 cm³/mol. The van der Waals surface area contributed by atoms with E-state index in [1.54, 1.807) is 6.55 Å². The third-order valence-electron chi connectivity index (χ3n) is 5.10. The smallest absolute Gasteiger partial charge is 1.00 e. The van der Waals surface area contributed by atoms with Crippen LogP contribution in [0.1, 0.15) is 75.6 Å². The van der Waals surface area contributed by atoms with Gasteiger partial charge in [-0.1, -0.05) is 85.2 Å². The fourth-order valence-electron chi connectivity index (χ4n) is 3.82. The van der Waals surface area contributed by atoms with Crippen LogP contribution in [0.3, 0.4) is 0 Å². The molecule has 0 saturated carbocycles. The fourth-order valence-corrected chi connectivity index (χ4v) is 3.82. The molecule has 0 fully saturated rings. The van der Waals surface area contributed by atoms with Crippen molar-refractivity contribution in [3.8, 4) is 0 Å². The first-order valence-electron chi connectivity index (χ1n) is 11.2. The maximum Gasteiger partial charge on any atom is 4.00 e. The number of halogens is 2. The van der Waals surface area contributed by atoms with E-state index < -0.39 is 0 Å². The van der Waals surface area contributed by atoms with Gasteiger partial charge in [-0.15, -0.1) is 69.1 Å². The quantitative estimate of drug-likeness (QED) is 0.254. The molecule has 4 rings (SSSR count). The summed E-state index contributed by atoms with van der Waals surface area (Å²) in [6, 6.07) is 22.2. The van der Waals surface area contributed by atoms with Gasteiger partial charge < -0.3 is 24.8 Å². The number of hydrogen-bond donors (Lipinski definition) is 0. The van der Waals surface area contributed by atoms with Gasteiger partial charge in [-0.3, -0.25) is 0 Å². The van der Waals surface area contributed by atoms with Crippen molar-refractivity contribution in [3.05, 3.63) is 82.9 Å². The molecule has 0 unspecified atom stereocenters. The predicted octanol–water partition coefficient (Wildman–Crippen LogP) is 3.22. The first kappa shape index (κ1) is 36.9. The van der Waals surface area contributed by atoms with Crippen LogP contribution < -0.4 is 24.8 Å². The summed E-state index contributed by atoms with van der Waals surface area (Å²) < 4.78 is 0. The Morgan fingerprint density at radius 2 is 0.939 bits per heavy atom. The molecule has 0 N–H and O–H groups in total. The van der Waals surface area contributed by atoms with Crippen LogP contribution in [0.15, 0.2) is 60.7 Å². The van der Waals surface area contributed by atoms with E-state index in [2.05, 4.69) is 112 Å². The van der Waals surface area contributed by atoms with Gasteiger partial charge in [0.2, 0.25) is 0 Å². The summed E-state index contributed by atoms with van der Waals surface area (Å²) in [6.45, 7) is 19.1. The van der Waals surface area contributed by atoms with Crippen molar-refractivity contribution in [1.29, 1.82) is 0 Å². The number of aryl methyl sites for hydroxylation is 2. The zero-order valence-corrected chi connectivity index (χ0v) is 26.7. The van der Waals surface area contributed by atoms with Gasteiger partial charge in [0.1, 0.15) is 0 Å². The monoisotopic (exact) mass is 575 g/mol. The summed E-state index contributed by atoms with van der Waals surface area (Å²) in [7, 11) is 2.97. The van der Waals surface area contributed by atoms with Crippen molar-refractivity contribution in [2.45, 2.75) is 73.8 Å². The van der Waals surface area contributed by atoms with Crippen LogP contribution in [-0.4, -0.2) is 10.2 Å². The average Bonchev–Trinajstić information content (AvgIpc) is 3.31. The third kappa shape index (κ3) is 10.2. The SMILES string of the molecule is CC.C[Si].Cc1cc2c(C(C)C)cccc2[cH-]1.Cc1cc2c(C(C)C)cccc2[cH-]1.[Cl-].[Cl-].[Zr+4]. The van der Waals surface area contributed by atoms with Gasteiger partial charge in [-0.05, 0) is 11.8 Å². The van der Waals surface area contributed by atoms with Crippen molar-refractivity contribution < 1.29 is 51.0 Å². The van der Waals surface area contributed by atoms with E-state index in [0.717, 1.165) is 0 Å². The van der Waals surface area contributed by atoms with Crippen molar-refractivity contribution in [2.75, 3.05) is 0 Å². The van der Waals surface area contributed by atoms with Crippen molar-refractivity contribution in [2.24, 2.45) is 0 Å². The van der Waals surface area contributed by atoms with Gasteiger partial charge in [-0.2, -0.15) is 12.1 Å². The minimum Gasteiger partial charge on any atom is -1.00 e. The largest absolute Gasteiger partial charge is 4.00 e. The zero-order valence-electron chi connectivity index (χ0n) is 21.7. The van der Waals surface area contributed by atoms with E-state index in [4.69, 9.17) is 0 Å². The van der Waals surface area contributed by atoms with E-state index in [9.17, 15) is 0 Å². The molecule has 0 aromatic heterocycles. The molecule has 0 aliphatic carbocycles. The summed E-state index contributed by atoms with van der Waals surface area (Å²) in [5.41, 5.74) is 5.66. The summed E-state index contributed by atoms with van der Waals surface area (Å²) >= 11 is 0. The first-order valence-corrected chi connectivity index (χ1v) is 12.2. The van der Waals surface area contributed by atoms with Crippen LogP contribution in [0.5, 0.6) is 0 Å². The van der Waals surface area contributed by atoms with Gasteiger partial charge >= 0.3 is 26.2 Å². The molecule has 177 valence electrons. The van der Waals surface area contributed by atoms with E-state index in [0.29, 0.717) is 11.8 Å². The molecule has 0 bridgehead atoms. The molecule has 0 aliphatic heterocycles. The maximum absolute atomic E-state index is 2.97. The van der Waals surface area contributed by atoms with Crippen molar-refractivity contribution in [1.82, 2.24) is 0 Å². The molecule has 0 aliphatic rings. The van der Waals surface area contributed by atoms with Crippen LogP contribution in [0, 0.1) is 13.8 Å². The molecule has 4 aromatic rings. The average molecular weight is 578 g/mol. The molecule has 0 nitrogen and oxygen atoms in total. The summed E-state index contributed by atoms with van der Waals surface area (Å²) in [6.07, 6.45) is 0. The van der Waals surface area contributed by atoms with Crippen LogP contribution in [-0.2, 0) is 26.2 Å². The molecule has 3 radical (unpaired) electrons. The second-order valence-corrected chi connectivity index (χ2v) is 8.08. The Balaban J connectivity index is -0.000000439. The first-order chi connectivity index (χ1) is 14.4. The summed E-state index contributed by atoms with van der Waals surface area (Å²) in [5, 5.41) is 5.61. The minimum absolute atomic E-state index is 0. The second kappa shape index (κ2) is 18.6. The molecule has 0 amide bonds. The minimum atomic E-state index is 0.